The lowest BCUT2D eigenvalue weighted by Gasteiger charge is -2.34. The van der Waals surface area contributed by atoms with Crippen LogP contribution < -0.4 is 5.32 Å². The summed E-state index contributed by atoms with van der Waals surface area (Å²) < 4.78 is 32.6. The van der Waals surface area contributed by atoms with Crippen LogP contribution in [0.4, 0.5) is 0 Å². The average Bonchev–Trinajstić information content (AvgIpc) is 2.72. The number of hydrogen-bond donors (Lipinski definition) is 1. The van der Waals surface area contributed by atoms with Crippen LogP contribution in [0.25, 0.3) is 0 Å². The van der Waals surface area contributed by atoms with E-state index in [0.717, 1.165) is 17.5 Å². The number of nitrogens with one attached hydrogen (secondary N) is 1. The number of hydrogen-bond acceptors (Lipinski definition) is 4. The molecule has 0 aliphatic carbocycles. The van der Waals surface area contributed by atoms with Crippen LogP contribution in [0.3, 0.4) is 0 Å². The van der Waals surface area contributed by atoms with Gasteiger partial charge in [-0.05, 0) is 53.6 Å². The highest BCUT2D eigenvalue weighted by molar-refractivity contribution is 7.89. The fraction of sp³-hybridized carbons (Fsp3) is 0.435. The molecule has 0 bridgehead atoms. The maximum atomic E-state index is 13.0. The lowest BCUT2D eigenvalue weighted by atomic mass is 9.94. The molecule has 3 rings (SSSR count). The van der Waals surface area contributed by atoms with Crippen molar-refractivity contribution in [3.05, 3.63) is 65.2 Å². The number of methoxy groups -OCH3 is 1. The Bertz CT molecular complexity index is 963. The molecule has 30 heavy (non-hydrogen) atoms. The van der Waals surface area contributed by atoms with E-state index in [4.69, 9.17) is 4.74 Å². The zero-order chi connectivity index (χ0) is 21.7. The largest absolute Gasteiger partial charge is 0.380 e. The maximum absolute atomic E-state index is 13.0. The molecule has 1 amide bonds. The number of sulfonamides is 1. The first-order valence-electron chi connectivity index (χ1n) is 10.2. The quantitative estimate of drug-likeness (QED) is 0.730. The molecule has 2 atom stereocenters. The molecular formula is C23H30N2O4S. The fourth-order valence-electron chi connectivity index (χ4n) is 4.01. The van der Waals surface area contributed by atoms with Gasteiger partial charge in [-0.2, -0.15) is 4.31 Å². The molecule has 1 saturated heterocycles. The summed E-state index contributed by atoms with van der Waals surface area (Å²) in [6.45, 7) is 6.15. The predicted molar refractivity (Wildman–Crippen MR) is 116 cm³/mol. The molecule has 2 aromatic carbocycles. The van der Waals surface area contributed by atoms with Crippen LogP contribution in [0.2, 0.25) is 0 Å². The molecule has 7 heteroatoms. The van der Waals surface area contributed by atoms with Gasteiger partial charge in [0.1, 0.15) is 0 Å². The van der Waals surface area contributed by atoms with Gasteiger partial charge in [0.15, 0.2) is 0 Å². The van der Waals surface area contributed by atoms with Crippen molar-refractivity contribution in [3.8, 4) is 0 Å². The molecule has 0 radical (unpaired) electrons. The summed E-state index contributed by atoms with van der Waals surface area (Å²) in [4.78, 5) is 12.7. The predicted octanol–water partition coefficient (Wildman–Crippen LogP) is 3.43. The van der Waals surface area contributed by atoms with Gasteiger partial charge in [-0.3, -0.25) is 4.79 Å². The highest BCUT2D eigenvalue weighted by atomic mass is 32.2. The van der Waals surface area contributed by atoms with Gasteiger partial charge < -0.3 is 10.1 Å². The van der Waals surface area contributed by atoms with Crippen molar-refractivity contribution in [2.45, 2.75) is 38.3 Å². The van der Waals surface area contributed by atoms with Gasteiger partial charge in [0.25, 0.3) is 5.91 Å². The van der Waals surface area contributed by atoms with Crippen LogP contribution in [0.1, 0.15) is 41.8 Å². The van der Waals surface area contributed by atoms with Crippen molar-refractivity contribution in [2.75, 3.05) is 20.2 Å². The van der Waals surface area contributed by atoms with Crippen LogP contribution >= 0.6 is 0 Å². The van der Waals surface area contributed by atoms with Crippen molar-refractivity contribution >= 4 is 15.9 Å². The summed E-state index contributed by atoms with van der Waals surface area (Å²) in [5, 5.41) is 2.88. The average molecular weight is 431 g/mol. The van der Waals surface area contributed by atoms with Crippen LogP contribution in [0.15, 0.2) is 53.4 Å². The van der Waals surface area contributed by atoms with Crippen molar-refractivity contribution in [1.82, 2.24) is 9.62 Å². The van der Waals surface area contributed by atoms with E-state index in [1.54, 1.807) is 23.5 Å². The molecule has 0 aromatic heterocycles. The summed E-state index contributed by atoms with van der Waals surface area (Å²) in [7, 11) is -1.90. The third kappa shape index (κ3) is 5.47. The Morgan fingerprint density at radius 3 is 2.33 bits per heavy atom. The number of benzene rings is 2. The van der Waals surface area contributed by atoms with Gasteiger partial charge in [-0.15, -0.1) is 0 Å². The van der Waals surface area contributed by atoms with E-state index in [-0.39, 0.29) is 10.8 Å². The molecule has 6 nitrogen and oxygen atoms in total. The summed E-state index contributed by atoms with van der Waals surface area (Å²) in [5.41, 5.74) is 2.45. The molecule has 1 heterocycles. The third-order valence-corrected chi connectivity index (χ3v) is 7.19. The zero-order valence-electron chi connectivity index (χ0n) is 17.8. The number of carbonyl (C=O) groups is 1. The summed E-state index contributed by atoms with van der Waals surface area (Å²) in [5.74, 6) is 0.447. The second kappa shape index (κ2) is 9.73. The number of rotatable bonds is 7. The molecule has 1 aliphatic rings. The van der Waals surface area contributed by atoms with E-state index in [1.807, 2.05) is 24.3 Å². The molecule has 1 fully saturated rings. The number of amides is 1. The van der Waals surface area contributed by atoms with Gasteiger partial charge in [-0.25, -0.2) is 8.42 Å². The van der Waals surface area contributed by atoms with Gasteiger partial charge in [-0.1, -0.05) is 38.1 Å². The van der Waals surface area contributed by atoms with E-state index in [2.05, 4.69) is 19.2 Å². The van der Waals surface area contributed by atoms with Crippen molar-refractivity contribution < 1.29 is 17.9 Å². The van der Waals surface area contributed by atoms with E-state index in [0.29, 0.717) is 43.6 Å². The first-order valence-corrected chi connectivity index (χ1v) is 11.7. The minimum Gasteiger partial charge on any atom is -0.380 e. The van der Waals surface area contributed by atoms with Crippen molar-refractivity contribution in [1.29, 1.82) is 0 Å². The SMILES string of the molecule is COCc1cccc(CNC(=O)c2ccc(S(=O)(=O)N3CC(C)CC(C)C3)cc2)c1. The van der Waals surface area contributed by atoms with Gasteiger partial charge >= 0.3 is 0 Å². The Labute approximate surface area is 179 Å². The maximum Gasteiger partial charge on any atom is 0.251 e. The van der Waals surface area contributed by atoms with Gasteiger partial charge in [0, 0.05) is 32.3 Å². The third-order valence-electron chi connectivity index (χ3n) is 5.35. The summed E-state index contributed by atoms with van der Waals surface area (Å²) >= 11 is 0. The summed E-state index contributed by atoms with van der Waals surface area (Å²) in [6.07, 6.45) is 1.04. The Hall–Kier alpha value is -2.22. The number of ether oxygens (including phenoxy) is 1. The lowest BCUT2D eigenvalue weighted by Crippen LogP contribution is -2.42. The number of piperidine rings is 1. The van der Waals surface area contributed by atoms with Crippen LogP contribution in [0.5, 0.6) is 0 Å². The molecular weight excluding hydrogens is 400 g/mol. The monoisotopic (exact) mass is 430 g/mol. The highest BCUT2D eigenvalue weighted by Crippen LogP contribution is 2.26. The van der Waals surface area contributed by atoms with Crippen molar-refractivity contribution in [3.63, 3.8) is 0 Å². The first-order chi connectivity index (χ1) is 14.3. The van der Waals surface area contributed by atoms with Crippen LogP contribution in [-0.2, 0) is 27.9 Å². The smallest absolute Gasteiger partial charge is 0.251 e. The minimum absolute atomic E-state index is 0.229. The van der Waals surface area contributed by atoms with Crippen LogP contribution in [0, 0.1) is 11.8 Å². The fourth-order valence-corrected chi connectivity index (χ4v) is 5.69. The normalized spacial score (nSPS) is 20.1. The molecule has 2 unspecified atom stereocenters. The molecule has 162 valence electrons. The number of carbonyl (C=O) groups excluding carboxylic acids is 1. The molecule has 1 N–H and O–H groups in total. The van der Waals surface area contributed by atoms with E-state index >= 15 is 0 Å². The molecule has 0 saturated carbocycles. The Kier molecular flexibility index (Phi) is 7.28. The van der Waals surface area contributed by atoms with E-state index < -0.39 is 10.0 Å². The standard InChI is InChI=1S/C23H30N2O4S/c1-17-11-18(2)15-25(14-17)30(27,28)22-9-7-21(8-10-22)23(26)24-13-19-5-4-6-20(12-19)16-29-3/h4-10,12,17-18H,11,13-16H2,1-3H3,(H,24,26). The zero-order valence-corrected chi connectivity index (χ0v) is 18.6. The van der Waals surface area contributed by atoms with E-state index in [1.165, 1.54) is 12.1 Å². The Morgan fingerprint density at radius 1 is 1.07 bits per heavy atom. The van der Waals surface area contributed by atoms with Crippen molar-refractivity contribution in [2.24, 2.45) is 11.8 Å². The van der Waals surface area contributed by atoms with E-state index in [9.17, 15) is 13.2 Å². The molecule has 1 aliphatic heterocycles. The van der Waals surface area contributed by atoms with Gasteiger partial charge in [0.2, 0.25) is 10.0 Å². The topological polar surface area (TPSA) is 75.7 Å². The second-order valence-electron chi connectivity index (χ2n) is 8.23. The van der Waals surface area contributed by atoms with Crippen LogP contribution in [-0.4, -0.2) is 38.8 Å². The Morgan fingerprint density at radius 2 is 1.70 bits per heavy atom. The minimum atomic E-state index is -3.55. The molecule has 2 aromatic rings. The number of nitrogens with zero attached hydrogens (tertiary/aromatic N) is 1. The second-order valence-corrected chi connectivity index (χ2v) is 10.2. The molecule has 0 spiro atoms. The lowest BCUT2D eigenvalue weighted by molar-refractivity contribution is 0.0950. The highest BCUT2D eigenvalue weighted by Gasteiger charge is 2.31. The van der Waals surface area contributed by atoms with Gasteiger partial charge in [0.05, 0.1) is 11.5 Å². The first kappa shape index (κ1) is 22.5. The Balaban J connectivity index is 1.64. The summed E-state index contributed by atoms with van der Waals surface area (Å²) in [6, 6.07) is 14.0.